The van der Waals surface area contributed by atoms with Crippen LogP contribution < -0.4 is 0 Å². The third kappa shape index (κ3) is 67.1. The van der Waals surface area contributed by atoms with Crippen LogP contribution in [0.2, 0.25) is 0 Å². The van der Waals surface area contributed by atoms with E-state index in [1.807, 2.05) is 0 Å². The summed E-state index contributed by atoms with van der Waals surface area (Å²) in [6.45, 7) is 6.54. The molecule has 0 bridgehead atoms. The first-order valence-electron chi connectivity index (χ1n) is 35.2. The first-order valence-corrected chi connectivity index (χ1v) is 35.2. The van der Waals surface area contributed by atoms with E-state index in [9.17, 15) is 14.4 Å². The van der Waals surface area contributed by atoms with Crippen molar-refractivity contribution in [2.24, 2.45) is 0 Å². The van der Waals surface area contributed by atoms with E-state index >= 15 is 0 Å². The quantitative estimate of drug-likeness (QED) is 0.0261. The van der Waals surface area contributed by atoms with Crippen LogP contribution in [0, 0.1) is 0 Å². The molecular weight excluding hydrogens is 1010 g/mol. The summed E-state index contributed by atoms with van der Waals surface area (Å²) in [5.41, 5.74) is 0. The second-order valence-corrected chi connectivity index (χ2v) is 23.4. The third-order valence-electron chi connectivity index (χ3n) is 15.3. The van der Waals surface area contributed by atoms with Crippen LogP contribution in [0.15, 0.2) is 97.2 Å². The molecule has 6 heteroatoms. The highest BCUT2D eigenvalue weighted by atomic mass is 16.6. The van der Waals surface area contributed by atoms with Gasteiger partial charge in [-0.3, -0.25) is 14.4 Å². The zero-order valence-corrected chi connectivity index (χ0v) is 54.2. The molecule has 0 aromatic rings. The van der Waals surface area contributed by atoms with Gasteiger partial charge in [0.05, 0.1) is 0 Å². The summed E-state index contributed by atoms with van der Waals surface area (Å²) in [5.74, 6) is -0.876. The van der Waals surface area contributed by atoms with Crippen LogP contribution in [0.1, 0.15) is 348 Å². The van der Waals surface area contributed by atoms with Crippen LogP contribution in [-0.2, 0) is 28.6 Å². The average Bonchev–Trinajstić information content (AvgIpc) is 3.48. The third-order valence-corrected chi connectivity index (χ3v) is 15.3. The van der Waals surface area contributed by atoms with Crippen LogP contribution in [0.3, 0.4) is 0 Å². The summed E-state index contributed by atoms with van der Waals surface area (Å²) in [7, 11) is 0. The zero-order chi connectivity index (χ0) is 59.2. The molecule has 0 radical (unpaired) electrons. The van der Waals surface area contributed by atoms with Crippen molar-refractivity contribution in [3.8, 4) is 0 Å². The molecule has 0 spiro atoms. The Morgan fingerprint density at radius 2 is 0.476 bits per heavy atom. The predicted octanol–water partition coefficient (Wildman–Crippen LogP) is 24.4. The van der Waals surface area contributed by atoms with Crippen molar-refractivity contribution in [2.45, 2.75) is 354 Å². The van der Waals surface area contributed by atoms with Crippen LogP contribution in [-0.4, -0.2) is 37.2 Å². The monoisotopic (exact) mass is 1140 g/mol. The number of hydrogen-bond acceptors (Lipinski definition) is 6. The molecule has 0 aliphatic rings. The first-order chi connectivity index (χ1) is 40.5. The minimum atomic E-state index is -0.781. The molecule has 0 heterocycles. The molecule has 82 heavy (non-hydrogen) atoms. The molecule has 0 aliphatic heterocycles. The number of esters is 3. The molecule has 0 N–H and O–H groups in total. The van der Waals surface area contributed by atoms with Crippen molar-refractivity contribution in [1.29, 1.82) is 0 Å². The van der Waals surface area contributed by atoms with Crippen molar-refractivity contribution < 1.29 is 28.6 Å². The predicted molar refractivity (Wildman–Crippen MR) is 357 cm³/mol. The summed E-state index contributed by atoms with van der Waals surface area (Å²) in [4.78, 5) is 38.3. The molecule has 0 aromatic carbocycles. The minimum absolute atomic E-state index is 0.0774. The van der Waals surface area contributed by atoms with E-state index in [0.717, 1.165) is 109 Å². The van der Waals surface area contributed by atoms with E-state index < -0.39 is 6.10 Å². The van der Waals surface area contributed by atoms with Gasteiger partial charge >= 0.3 is 17.9 Å². The number of rotatable bonds is 64. The number of unbranched alkanes of at least 4 members (excludes halogenated alkanes) is 37. The average molecular weight is 1140 g/mol. The standard InChI is InChI=1S/C76H132O6/c1-4-7-10-13-16-19-22-24-26-28-30-32-34-36-37-38-39-41-42-44-46-48-50-52-54-57-60-63-66-69-75(78)81-72-73(71-80-74(77)68-65-62-59-56-21-18-15-12-9-6-3)82-76(79)70-67-64-61-58-55-53-51-49-47-45-43-40-35-33-31-29-27-25-23-20-17-14-11-8-5-2/h7,10,16,19,24,26,29-32,36-37,39,41,44,46,73H,4-6,8-9,11-15,17-18,20-23,25,27-28,33-35,38,40,42-43,45,47-72H2,1-3H3/b10-7-,19-16-,26-24-,31-29-,32-30-,37-36-,41-39-,46-44-. The number of carbonyl (C=O) groups is 3. The molecule has 0 fully saturated rings. The fourth-order valence-corrected chi connectivity index (χ4v) is 10.1. The number of carbonyl (C=O) groups excluding carboxylic acids is 3. The smallest absolute Gasteiger partial charge is 0.306 e. The topological polar surface area (TPSA) is 78.9 Å². The van der Waals surface area contributed by atoms with E-state index in [1.165, 1.54) is 199 Å². The number of allylic oxidation sites excluding steroid dienone is 16. The molecule has 1 unspecified atom stereocenters. The van der Waals surface area contributed by atoms with Gasteiger partial charge in [0.1, 0.15) is 13.2 Å². The van der Waals surface area contributed by atoms with Gasteiger partial charge in [0.25, 0.3) is 0 Å². The fourth-order valence-electron chi connectivity index (χ4n) is 10.1. The molecule has 6 nitrogen and oxygen atoms in total. The summed E-state index contributed by atoms with van der Waals surface area (Å²) in [5, 5.41) is 0. The van der Waals surface area contributed by atoms with E-state index in [1.54, 1.807) is 0 Å². The Balaban J connectivity index is 4.23. The Morgan fingerprint density at radius 1 is 0.256 bits per heavy atom. The maximum atomic E-state index is 12.9. The lowest BCUT2D eigenvalue weighted by molar-refractivity contribution is -0.167. The van der Waals surface area contributed by atoms with Crippen LogP contribution in [0.5, 0.6) is 0 Å². The van der Waals surface area contributed by atoms with Gasteiger partial charge in [0.15, 0.2) is 6.10 Å². The van der Waals surface area contributed by atoms with E-state index in [2.05, 4.69) is 118 Å². The maximum Gasteiger partial charge on any atom is 0.306 e. The SMILES string of the molecule is CC/C=C\C/C=C\C/C=C\C/C=C\C/C=C\C/C=C\C/C=C\CCCCCCCCCC(=O)OCC(COC(=O)CCCCCCCCCCCC)OC(=O)CCCCCCCCCCCCCCC/C=C\CCCCCCCCCC. The zero-order valence-electron chi connectivity index (χ0n) is 54.2. The molecule has 0 saturated carbocycles. The van der Waals surface area contributed by atoms with Crippen molar-refractivity contribution >= 4 is 17.9 Å². The first kappa shape index (κ1) is 78.3. The Bertz CT molecular complexity index is 1590. The summed E-state index contributed by atoms with van der Waals surface area (Å²) >= 11 is 0. The lowest BCUT2D eigenvalue weighted by atomic mass is 10.0. The van der Waals surface area contributed by atoms with Gasteiger partial charge in [0.2, 0.25) is 0 Å². The molecule has 1 atom stereocenters. The number of ether oxygens (including phenoxy) is 3. The Kier molecular flexibility index (Phi) is 66.7. The van der Waals surface area contributed by atoms with Crippen molar-refractivity contribution in [3.63, 3.8) is 0 Å². The van der Waals surface area contributed by atoms with E-state index in [4.69, 9.17) is 14.2 Å². The minimum Gasteiger partial charge on any atom is -0.462 e. The maximum absolute atomic E-state index is 12.9. The van der Waals surface area contributed by atoms with Gasteiger partial charge in [-0.2, -0.15) is 0 Å². The summed E-state index contributed by atoms with van der Waals surface area (Å²) in [6, 6.07) is 0. The fraction of sp³-hybridized carbons (Fsp3) is 0.750. The normalized spacial score (nSPS) is 12.7. The van der Waals surface area contributed by atoms with Crippen LogP contribution in [0.4, 0.5) is 0 Å². The molecular formula is C76H132O6. The van der Waals surface area contributed by atoms with Crippen molar-refractivity contribution in [2.75, 3.05) is 13.2 Å². The second-order valence-electron chi connectivity index (χ2n) is 23.4. The number of hydrogen-bond donors (Lipinski definition) is 0. The summed E-state index contributed by atoms with van der Waals surface area (Å²) < 4.78 is 16.9. The lowest BCUT2D eigenvalue weighted by Crippen LogP contribution is -2.30. The molecule has 0 aromatic heterocycles. The molecule has 0 aliphatic carbocycles. The lowest BCUT2D eigenvalue weighted by Gasteiger charge is -2.18. The van der Waals surface area contributed by atoms with Crippen LogP contribution in [0.25, 0.3) is 0 Å². The van der Waals surface area contributed by atoms with Crippen molar-refractivity contribution in [1.82, 2.24) is 0 Å². The highest BCUT2D eigenvalue weighted by molar-refractivity contribution is 5.71. The molecule has 472 valence electrons. The van der Waals surface area contributed by atoms with Gasteiger partial charge in [0, 0.05) is 19.3 Å². The van der Waals surface area contributed by atoms with Gasteiger partial charge < -0.3 is 14.2 Å². The Labute approximate surface area is 508 Å². The highest BCUT2D eigenvalue weighted by Gasteiger charge is 2.19. The summed E-state index contributed by atoms with van der Waals surface area (Å²) in [6.07, 6.45) is 94.4. The molecule has 0 saturated heterocycles. The molecule has 0 amide bonds. The van der Waals surface area contributed by atoms with Gasteiger partial charge in [-0.05, 0) is 103 Å². The van der Waals surface area contributed by atoms with Gasteiger partial charge in [-0.1, -0.05) is 323 Å². The largest absolute Gasteiger partial charge is 0.462 e. The van der Waals surface area contributed by atoms with E-state index in [0.29, 0.717) is 19.3 Å². The Morgan fingerprint density at radius 3 is 0.756 bits per heavy atom. The van der Waals surface area contributed by atoms with Gasteiger partial charge in [-0.25, -0.2) is 0 Å². The van der Waals surface area contributed by atoms with Crippen molar-refractivity contribution in [3.05, 3.63) is 97.2 Å². The van der Waals surface area contributed by atoms with Crippen LogP contribution >= 0.6 is 0 Å². The van der Waals surface area contributed by atoms with E-state index in [-0.39, 0.29) is 31.1 Å². The molecule has 0 rings (SSSR count). The Hall–Kier alpha value is -3.67. The highest BCUT2D eigenvalue weighted by Crippen LogP contribution is 2.17. The van der Waals surface area contributed by atoms with Gasteiger partial charge in [-0.15, -0.1) is 0 Å². The second kappa shape index (κ2) is 69.8.